The lowest BCUT2D eigenvalue weighted by Gasteiger charge is -2.21. The minimum atomic E-state index is -2.06. The first kappa shape index (κ1) is 16.7. The summed E-state index contributed by atoms with van der Waals surface area (Å²) in [6.07, 6.45) is 9.49. The van der Waals surface area contributed by atoms with Crippen LogP contribution >= 0.6 is 8.03 Å². The molecule has 19 heavy (non-hydrogen) atoms. The van der Waals surface area contributed by atoms with Gasteiger partial charge >= 0.3 is 5.97 Å². The summed E-state index contributed by atoms with van der Waals surface area (Å²) in [5, 5.41) is 0. The Morgan fingerprint density at radius 1 is 1.26 bits per heavy atom. The van der Waals surface area contributed by atoms with E-state index in [0.29, 0.717) is 19.4 Å². The van der Waals surface area contributed by atoms with Crippen molar-refractivity contribution in [2.24, 2.45) is 5.92 Å². The van der Waals surface area contributed by atoms with Gasteiger partial charge in [0, 0.05) is 6.16 Å². The van der Waals surface area contributed by atoms with E-state index in [1.165, 1.54) is 38.5 Å². The van der Waals surface area contributed by atoms with Gasteiger partial charge in [-0.15, -0.1) is 0 Å². The largest absolute Gasteiger partial charge is 0.466 e. The zero-order valence-corrected chi connectivity index (χ0v) is 13.0. The average Bonchev–Trinajstić information content (AvgIpc) is 2.43. The van der Waals surface area contributed by atoms with E-state index in [0.717, 1.165) is 12.3 Å². The maximum Gasteiger partial charge on any atom is 0.306 e. The number of esters is 1. The molecule has 0 aromatic heterocycles. The van der Waals surface area contributed by atoms with Gasteiger partial charge in [-0.2, -0.15) is 0 Å². The van der Waals surface area contributed by atoms with Crippen molar-refractivity contribution in [1.29, 1.82) is 0 Å². The number of hydrogen-bond donors (Lipinski definition) is 0. The van der Waals surface area contributed by atoms with Crippen LogP contribution in [0.4, 0.5) is 0 Å². The Hall–Kier alpha value is -0.340. The Bertz CT molecular complexity index is 275. The predicted octanol–water partition coefficient (Wildman–Crippen LogP) is 3.79. The first-order chi connectivity index (χ1) is 9.22. The summed E-state index contributed by atoms with van der Waals surface area (Å²) in [7, 11) is -2.06. The van der Waals surface area contributed by atoms with Gasteiger partial charge in [0.15, 0.2) is 8.03 Å². The smallest absolute Gasteiger partial charge is 0.306 e. The Labute approximate surface area is 117 Å². The summed E-state index contributed by atoms with van der Waals surface area (Å²) in [4.78, 5) is 11.1. The van der Waals surface area contributed by atoms with Crippen molar-refractivity contribution in [3.05, 3.63) is 0 Å². The molecule has 0 bridgehead atoms. The van der Waals surface area contributed by atoms with Gasteiger partial charge in [-0.3, -0.25) is 9.36 Å². The molecular weight excluding hydrogens is 263 g/mol. The molecule has 0 aliphatic heterocycles. The highest BCUT2D eigenvalue weighted by Gasteiger charge is 2.13. The van der Waals surface area contributed by atoms with Crippen LogP contribution in [-0.4, -0.2) is 25.3 Å². The van der Waals surface area contributed by atoms with Crippen LogP contribution in [0.2, 0.25) is 0 Å². The third-order valence-electron chi connectivity index (χ3n) is 3.58. The van der Waals surface area contributed by atoms with Crippen molar-refractivity contribution >= 4 is 14.0 Å². The molecule has 0 aromatic carbocycles. The van der Waals surface area contributed by atoms with Crippen molar-refractivity contribution in [3.63, 3.8) is 0 Å². The minimum Gasteiger partial charge on any atom is -0.466 e. The van der Waals surface area contributed by atoms with E-state index in [1.807, 2.05) is 0 Å². The topological polar surface area (TPSA) is 52.6 Å². The van der Waals surface area contributed by atoms with E-state index >= 15 is 0 Å². The van der Waals surface area contributed by atoms with E-state index in [1.54, 1.807) is 6.92 Å². The zero-order chi connectivity index (χ0) is 13.9. The second-order valence-corrected chi connectivity index (χ2v) is 6.70. The maximum absolute atomic E-state index is 11.6. The lowest BCUT2D eigenvalue weighted by Crippen LogP contribution is -2.07. The highest BCUT2D eigenvalue weighted by molar-refractivity contribution is 7.39. The summed E-state index contributed by atoms with van der Waals surface area (Å²) in [5.74, 6) is 0.561. The fourth-order valence-electron chi connectivity index (χ4n) is 2.54. The number of carbonyl (C=O) groups is 1. The van der Waals surface area contributed by atoms with Gasteiger partial charge in [-0.25, -0.2) is 0 Å². The fraction of sp³-hybridized carbons (Fsp3) is 0.929. The third kappa shape index (κ3) is 8.43. The van der Waals surface area contributed by atoms with E-state index < -0.39 is 8.03 Å². The summed E-state index contributed by atoms with van der Waals surface area (Å²) in [5.41, 5.74) is 0. The van der Waals surface area contributed by atoms with Gasteiger partial charge in [0.1, 0.15) is 0 Å². The summed E-state index contributed by atoms with van der Waals surface area (Å²) in [6.45, 7) is 2.71. The predicted molar refractivity (Wildman–Crippen MR) is 76.9 cm³/mol. The van der Waals surface area contributed by atoms with Gasteiger partial charge < -0.3 is 9.26 Å². The first-order valence-electron chi connectivity index (χ1n) is 7.53. The van der Waals surface area contributed by atoms with Crippen LogP contribution in [-0.2, 0) is 18.6 Å². The Balaban J connectivity index is 1.96. The molecule has 0 N–H and O–H groups in total. The van der Waals surface area contributed by atoms with Gasteiger partial charge in [0.2, 0.25) is 0 Å². The van der Waals surface area contributed by atoms with E-state index in [2.05, 4.69) is 0 Å². The van der Waals surface area contributed by atoms with Crippen molar-refractivity contribution in [3.8, 4) is 0 Å². The van der Waals surface area contributed by atoms with Crippen molar-refractivity contribution in [2.45, 2.75) is 58.3 Å². The number of carbonyl (C=O) groups excluding carboxylic acids is 1. The van der Waals surface area contributed by atoms with Crippen LogP contribution in [0.3, 0.4) is 0 Å². The molecule has 4 nitrogen and oxygen atoms in total. The molecule has 0 saturated heterocycles. The number of ether oxygens (including phenoxy) is 1. The Morgan fingerprint density at radius 2 is 2.00 bits per heavy atom. The Morgan fingerprint density at radius 3 is 2.68 bits per heavy atom. The first-order valence-corrected chi connectivity index (χ1v) is 9.06. The fourth-order valence-corrected chi connectivity index (χ4v) is 3.47. The molecule has 0 radical (unpaired) electrons. The highest BCUT2D eigenvalue weighted by atomic mass is 31.1. The van der Waals surface area contributed by atoms with Crippen LogP contribution in [0.15, 0.2) is 0 Å². The molecular formula is C14H27O4P. The lowest BCUT2D eigenvalue weighted by atomic mass is 9.86. The highest BCUT2D eigenvalue weighted by Crippen LogP contribution is 2.28. The van der Waals surface area contributed by atoms with Crippen molar-refractivity contribution in [1.82, 2.24) is 0 Å². The lowest BCUT2D eigenvalue weighted by molar-refractivity contribution is -0.142. The van der Waals surface area contributed by atoms with Gasteiger partial charge in [-0.05, 0) is 25.7 Å². The standard InChI is InChI=1S/C14H27O4P/c1-2-17-14(15)10-12-19(16)18-11-6-9-13-7-4-3-5-8-13/h13,19H,2-12H2,1H3. The molecule has 1 rings (SSSR count). The number of hydrogen-bond acceptors (Lipinski definition) is 4. The molecule has 1 atom stereocenters. The summed E-state index contributed by atoms with van der Waals surface area (Å²) in [6, 6.07) is 0. The van der Waals surface area contributed by atoms with Crippen molar-refractivity contribution < 1.29 is 18.6 Å². The van der Waals surface area contributed by atoms with E-state index in [9.17, 15) is 9.36 Å². The van der Waals surface area contributed by atoms with Crippen LogP contribution < -0.4 is 0 Å². The van der Waals surface area contributed by atoms with Gasteiger partial charge in [0.25, 0.3) is 0 Å². The molecule has 112 valence electrons. The van der Waals surface area contributed by atoms with Gasteiger partial charge in [-0.1, -0.05) is 32.1 Å². The normalized spacial score (nSPS) is 18.2. The zero-order valence-electron chi connectivity index (χ0n) is 12.0. The van der Waals surface area contributed by atoms with Crippen LogP contribution in [0, 0.1) is 5.92 Å². The monoisotopic (exact) mass is 290 g/mol. The maximum atomic E-state index is 11.6. The average molecular weight is 290 g/mol. The summed E-state index contributed by atoms with van der Waals surface area (Å²) < 4.78 is 21.6. The van der Waals surface area contributed by atoms with Crippen LogP contribution in [0.5, 0.6) is 0 Å². The van der Waals surface area contributed by atoms with Crippen molar-refractivity contribution in [2.75, 3.05) is 19.4 Å². The third-order valence-corrected chi connectivity index (χ3v) is 4.77. The molecule has 1 saturated carbocycles. The van der Waals surface area contributed by atoms with Crippen LogP contribution in [0.1, 0.15) is 58.3 Å². The second-order valence-electron chi connectivity index (χ2n) is 5.17. The molecule has 0 aromatic rings. The molecule has 1 fully saturated rings. The molecule has 1 unspecified atom stereocenters. The molecule has 5 heteroatoms. The molecule has 0 heterocycles. The van der Waals surface area contributed by atoms with E-state index in [-0.39, 0.29) is 12.4 Å². The minimum absolute atomic E-state index is 0.203. The molecule has 1 aliphatic rings. The SMILES string of the molecule is CCOC(=O)CC[PH](=O)OCCCC1CCCCC1. The number of rotatable bonds is 9. The molecule has 0 amide bonds. The summed E-state index contributed by atoms with van der Waals surface area (Å²) >= 11 is 0. The van der Waals surface area contributed by atoms with Gasteiger partial charge in [0.05, 0.1) is 19.6 Å². The second kappa shape index (κ2) is 10.4. The molecule has 0 spiro atoms. The quantitative estimate of drug-likeness (QED) is 0.368. The molecule has 1 aliphatic carbocycles. The van der Waals surface area contributed by atoms with Crippen LogP contribution in [0.25, 0.3) is 0 Å². The van der Waals surface area contributed by atoms with E-state index in [4.69, 9.17) is 9.26 Å². The Kier molecular flexibility index (Phi) is 9.19.